The molecule has 0 atom stereocenters. The molecule has 0 unspecified atom stereocenters. The fourth-order valence-electron chi connectivity index (χ4n) is 1.68. The zero-order valence-electron chi connectivity index (χ0n) is 11.7. The van der Waals surface area contributed by atoms with Crippen molar-refractivity contribution in [3.63, 3.8) is 0 Å². The Morgan fingerprint density at radius 2 is 1.80 bits per heavy atom. The number of hydrazone groups is 1. The molecule has 0 bridgehead atoms. The van der Waals surface area contributed by atoms with Gasteiger partial charge in [-0.3, -0.25) is 5.43 Å². The highest BCUT2D eigenvalue weighted by molar-refractivity contribution is 6.28. The Labute approximate surface area is 121 Å². The van der Waals surface area contributed by atoms with Crippen LogP contribution in [-0.4, -0.2) is 29.9 Å². The van der Waals surface area contributed by atoms with E-state index in [1.165, 1.54) is 0 Å². The number of anilines is 1. The smallest absolute Gasteiger partial charge is 0.224 e. The molecule has 0 aliphatic heterocycles. The summed E-state index contributed by atoms with van der Waals surface area (Å²) in [6.07, 6.45) is 0. The molecule has 106 valence electrons. The van der Waals surface area contributed by atoms with Crippen LogP contribution < -0.4 is 14.9 Å². The van der Waals surface area contributed by atoms with Crippen molar-refractivity contribution in [2.24, 2.45) is 5.10 Å². The Bertz CT molecular complexity index is 669. The Morgan fingerprint density at radius 1 is 1.15 bits per heavy atom. The molecular formula is C13H15ClN4O2. The van der Waals surface area contributed by atoms with Gasteiger partial charge in [-0.15, -0.1) is 0 Å². The van der Waals surface area contributed by atoms with E-state index in [-0.39, 0.29) is 5.28 Å². The number of fused-ring (bicyclic) bond motifs is 1. The lowest BCUT2D eigenvalue weighted by Crippen LogP contribution is -2.00. The standard InChI is InChI=1S/C13H15ClN4O2/c1-7(2)17-18-12-8-5-10(19-3)11(20-4)6-9(8)15-13(14)16-12/h5-6H,1-4H3,(H,15,16,18). The van der Waals surface area contributed by atoms with Crippen LogP contribution in [0.2, 0.25) is 5.28 Å². The molecule has 2 aromatic rings. The molecule has 6 nitrogen and oxygen atoms in total. The summed E-state index contributed by atoms with van der Waals surface area (Å²) in [5.74, 6) is 1.68. The third-order valence-electron chi connectivity index (χ3n) is 2.56. The molecule has 20 heavy (non-hydrogen) atoms. The SMILES string of the molecule is COc1cc2nc(Cl)nc(NN=C(C)C)c2cc1OC. The lowest BCUT2D eigenvalue weighted by Gasteiger charge is -2.11. The van der Waals surface area contributed by atoms with Crippen LogP contribution >= 0.6 is 11.6 Å². The van der Waals surface area contributed by atoms with Crippen molar-refractivity contribution in [1.29, 1.82) is 0 Å². The minimum absolute atomic E-state index is 0.135. The van der Waals surface area contributed by atoms with E-state index >= 15 is 0 Å². The van der Waals surface area contributed by atoms with Crippen LogP contribution in [0.4, 0.5) is 5.82 Å². The summed E-state index contributed by atoms with van der Waals surface area (Å²) in [4.78, 5) is 8.32. The second-order valence-electron chi connectivity index (χ2n) is 4.24. The summed E-state index contributed by atoms with van der Waals surface area (Å²) < 4.78 is 10.5. The molecule has 2 rings (SSSR count). The van der Waals surface area contributed by atoms with E-state index in [1.807, 2.05) is 13.8 Å². The van der Waals surface area contributed by atoms with Crippen molar-refractivity contribution in [3.05, 3.63) is 17.4 Å². The highest BCUT2D eigenvalue weighted by Crippen LogP contribution is 2.34. The number of nitrogens with one attached hydrogen (secondary N) is 1. The minimum atomic E-state index is 0.135. The van der Waals surface area contributed by atoms with E-state index in [9.17, 15) is 0 Å². The fraction of sp³-hybridized carbons (Fsp3) is 0.308. The van der Waals surface area contributed by atoms with Crippen molar-refractivity contribution in [2.45, 2.75) is 13.8 Å². The number of methoxy groups -OCH3 is 2. The van der Waals surface area contributed by atoms with Crippen molar-refractivity contribution < 1.29 is 9.47 Å². The lowest BCUT2D eigenvalue weighted by molar-refractivity contribution is 0.356. The molecule has 1 N–H and O–H groups in total. The van der Waals surface area contributed by atoms with Gasteiger partial charge in [0.1, 0.15) is 0 Å². The number of ether oxygens (including phenoxy) is 2. The van der Waals surface area contributed by atoms with E-state index in [2.05, 4.69) is 20.5 Å². The average molecular weight is 295 g/mol. The highest BCUT2D eigenvalue weighted by Gasteiger charge is 2.12. The largest absolute Gasteiger partial charge is 0.493 e. The number of rotatable bonds is 4. The van der Waals surface area contributed by atoms with E-state index in [0.717, 1.165) is 11.1 Å². The zero-order chi connectivity index (χ0) is 14.7. The number of aromatic nitrogens is 2. The van der Waals surface area contributed by atoms with Crippen LogP contribution in [0.5, 0.6) is 11.5 Å². The highest BCUT2D eigenvalue weighted by atomic mass is 35.5. The van der Waals surface area contributed by atoms with Gasteiger partial charge in [0.25, 0.3) is 0 Å². The van der Waals surface area contributed by atoms with E-state index in [0.29, 0.717) is 22.8 Å². The Kier molecular flexibility index (Phi) is 4.24. The molecule has 0 aliphatic rings. The Hall–Kier alpha value is -2.08. The molecule has 0 amide bonds. The first-order valence-corrected chi connectivity index (χ1v) is 6.29. The van der Waals surface area contributed by atoms with Gasteiger partial charge in [0, 0.05) is 17.2 Å². The monoisotopic (exact) mass is 294 g/mol. The topological polar surface area (TPSA) is 68.6 Å². The van der Waals surface area contributed by atoms with Gasteiger partial charge >= 0.3 is 0 Å². The zero-order valence-corrected chi connectivity index (χ0v) is 12.4. The number of nitrogens with zero attached hydrogens (tertiary/aromatic N) is 3. The van der Waals surface area contributed by atoms with Gasteiger partial charge in [-0.25, -0.2) is 4.98 Å². The second-order valence-corrected chi connectivity index (χ2v) is 4.57. The van der Waals surface area contributed by atoms with Crippen LogP contribution in [0.15, 0.2) is 17.2 Å². The Morgan fingerprint density at radius 3 is 2.40 bits per heavy atom. The van der Waals surface area contributed by atoms with Gasteiger partial charge in [0.05, 0.1) is 19.7 Å². The first kappa shape index (κ1) is 14.3. The third-order valence-corrected chi connectivity index (χ3v) is 2.73. The van der Waals surface area contributed by atoms with Gasteiger partial charge in [-0.1, -0.05) is 0 Å². The molecule has 0 aliphatic carbocycles. The van der Waals surface area contributed by atoms with Crippen molar-refractivity contribution in [3.8, 4) is 11.5 Å². The predicted molar refractivity (Wildman–Crippen MR) is 80.1 cm³/mol. The quantitative estimate of drug-likeness (QED) is 0.533. The molecule has 0 saturated carbocycles. The predicted octanol–water partition coefficient (Wildman–Crippen LogP) is 3.11. The van der Waals surface area contributed by atoms with Gasteiger partial charge in [-0.2, -0.15) is 10.1 Å². The van der Waals surface area contributed by atoms with Crippen LogP contribution in [0.25, 0.3) is 10.9 Å². The van der Waals surface area contributed by atoms with Crippen LogP contribution in [0.1, 0.15) is 13.8 Å². The van der Waals surface area contributed by atoms with Crippen LogP contribution in [-0.2, 0) is 0 Å². The summed E-state index contributed by atoms with van der Waals surface area (Å²) in [6, 6.07) is 3.53. The van der Waals surface area contributed by atoms with Crippen molar-refractivity contribution >= 4 is 34.0 Å². The van der Waals surface area contributed by atoms with E-state index < -0.39 is 0 Å². The first-order chi connectivity index (χ1) is 9.55. The molecule has 1 aromatic heterocycles. The molecule has 7 heteroatoms. The van der Waals surface area contributed by atoms with E-state index in [4.69, 9.17) is 21.1 Å². The number of benzene rings is 1. The van der Waals surface area contributed by atoms with E-state index in [1.54, 1.807) is 26.4 Å². The number of halogens is 1. The van der Waals surface area contributed by atoms with Gasteiger partial charge < -0.3 is 9.47 Å². The summed E-state index contributed by atoms with van der Waals surface area (Å²) in [5, 5.41) is 5.01. The maximum absolute atomic E-state index is 5.93. The number of hydrogen-bond donors (Lipinski definition) is 1. The molecule has 1 heterocycles. The van der Waals surface area contributed by atoms with Gasteiger partial charge in [0.15, 0.2) is 17.3 Å². The molecular weight excluding hydrogens is 280 g/mol. The van der Waals surface area contributed by atoms with Crippen molar-refractivity contribution in [2.75, 3.05) is 19.6 Å². The summed E-state index contributed by atoms with van der Waals surface area (Å²) in [6.45, 7) is 3.75. The molecule has 1 aromatic carbocycles. The minimum Gasteiger partial charge on any atom is -0.493 e. The molecule has 0 fully saturated rings. The summed E-state index contributed by atoms with van der Waals surface area (Å²) in [5.41, 5.74) is 4.39. The molecule has 0 spiro atoms. The normalized spacial score (nSPS) is 10.2. The molecule has 0 saturated heterocycles. The van der Waals surface area contributed by atoms with Crippen LogP contribution in [0, 0.1) is 0 Å². The fourth-order valence-corrected chi connectivity index (χ4v) is 1.85. The molecule has 0 radical (unpaired) electrons. The lowest BCUT2D eigenvalue weighted by atomic mass is 10.2. The maximum Gasteiger partial charge on any atom is 0.224 e. The second kappa shape index (κ2) is 5.92. The van der Waals surface area contributed by atoms with Gasteiger partial charge in [-0.05, 0) is 31.5 Å². The summed E-state index contributed by atoms with van der Waals surface area (Å²) >= 11 is 5.93. The third kappa shape index (κ3) is 2.91. The van der Waals surface area contributed by atoms with Crippen molar-refractivity contribution in [1.82, 2.24) is 9.97 Å². The van der Waals surface area contributed by atoms with Gasteiger partial charge in [0.2, 0.25) is 5.28 Å². The first-order valence-electron chi connectivity index (χ1n) is 5.91. The summed E-state index contributed by atoms with van der Waals surface area (Å²) in [7, 11) is 3.14. The Balaban J connectivity index is 2.65. The van der Waals surface area contributed by atoms with Crippen LogP contribution in [0.3, 0.4) is 0 Å². The maximum atomic E-state index is 5.93. The number of hydrogen-bond acceptors (Lipinski definition) is 6. The average Bonchev–Trinajstić information content (AvgIpc) is 2.42.